The Labute approximate surface area is 131 Å². The van der Waals surface area contributed by atoms with Gasteiger partial charge in [-0.25, -0.2) is 0 Å². The van der Waals surface area contributed by atoms with Crippen LogP contribution in [-0.4, -0.2) is 36.3 Å². The molecule has 1 atom stereocenters. The molecule has 0 aromatic heterocycles. The fourth-order valence-corrected chi connectivity index (χ4v) is 2.35. The molecule has 1 aliphatic rings. The molecule has 5 nitrogen and oxygen atoms in total. The SMILES string of the molecule is Cc1ccc(CN2CC(C(=O)NCCN)CC2=O)cc1.Cl. The molecule has 2 amide bonds. The van der Waals surface area contributed by atoms with E-state index in [4.69, 9.17) is 5.73 Å². The van der Waals surface area contributed by atoms with Crippen LogP contribution in [0.4, 0.5) is 0 Å². The summed E-state index contributed by atoms with van der Waals surface area (Å²) in [5.74, 6) is -0.284. The van der Waals surface area contributed by atoms with E-state index in [9.17, 15) is 9.59 Å². The minimum absolute atomic E-state index is 0. The summed E-state index contributed by atoms with van der Waals surface area (Å²) >= 11 is 0. The van der Waals surface area contributed by atoms with Crippen molar-refractivity contribution in [2.75, 3.05) is 19.6 Å². The molecule has 1 aromatic carbocycles. The Morgan fingerprint density at radius 2 is 2.05 bits per heavy atom. The quantitative estimate of drug-likeness (QED) is 0.846. The molecule has 1 heterocycles. The van der Waals surface area contributed by atoms with Crippen LogP contribution in [0.25, 0.3) is 0 Å². The number of nitrogens with zero attached hydrogens (tertiary/aromatic N) is 1. The third kappa shape index (κ3) is 4.72. The van der Waals surface area contributed by atoms with Crippen LogP contribution in [0.15, 0.2) is 24.3 Å². The van der Waals surface area contributed by atoms with Crippen LogP contribution in [0, 0.1) is 12.8 Å². The molecule has 21 heavy (non-hydrogen) atoms. The van der Waals surface area contributed by atoms with Crippen molar-refractivity contribution in [2.24, 2.45) is 11.7 Å². The van der Waals surface area contributed by atoms with Gasteiger partial charge in [0.25, 0.3) is 0 Å². The molecular formula is C15H22ClN3O2. The summed E-state index contributed by atoms with van der Waals surface area (Å²) in [5.41, 5.74) is 7.64. The highest BCUT2D eigenvalue weighted by Gasteiger charge is 2.33. The van der Waals surface area contributed by atoms with Gasteiger partial charge in [-0.15, -0.1) is 12.4 Å². The van der Waals surface area contributed by atoms with Gasteiger partial charge in [-0.1, -0.05) is 29.8 Å². The second-order valence-electron chi connectivity index (χ2n) is 5.24. The third-order valence-corrected chi connectivity index (χ3v) is 3.52. The molecule has 1 aliphatic heterocycles. The summed E-state index contributed by atoms with van der Waals surface area (Å²) in [6.07, 6.45) is 0.294. The number of nitrogens with one attached hydrogen (secondary N) is 1. The van der Waals surface area contributed by atoms with E-state index in [0.717, 1.165) is 5.56 Å². The summed E-state index contributed by atoms with van der Waals surface area (Å²) < 4.78 is 0. The van der Waals surface area contributed by atoms with Gasteiger partial charge in [0, 0.05) is 32.6 Å². The Morgan fingerprint density at radius 3 is 2.67 bits per heavy atom. The predicted molar refractivity (Wildman–Crippen MR) is 84.0 cm³/mol. The number of benzene rings is 1. The minimum Gasteiger partial charge on any atom is -0.355 e. The lowest BCUT2D eigenvalue weighted by Gasteiger charge is -2.16. The molecule has 1 saturated heterocycles. The molecule has 116 valence electrons. The van der Waals surface area contributed by atoms with Crippen molar-refractivity contribution in [2.45, 2.75) is 19.9 Å². The average molecular weight is 312 g/mol. The van der Waals surface area contributed by atoms with Gasteiger partial charge in [0.1, 0.15) is 0 Å². The first-order valence-electron chi connectivity index (χ1n) is 6.91. The van der Waals surface area contributed by atoms with Gasteiger partial charge in [0.15, 0.2) is 0 Å². The third-order valence-electron chi connectivity index (χ3n) is 3.52. The van der Waals surface area contributed by atoms with Crippen molar-refractivity contribution < 1.29 is 9.59 Å². The van der Waals surface area contributed by atoms with Crippen molar-refractivity contribution in [1.29, 1.82) is 0 Å². The summed E-state index contributed by atoms with van der Waals surface area (Å²) in [4.78, 5) is 25.5. The van der Waals surface area contributed by atoms with Crippen LogP contribution in [0.2, 0.25) is 0 Å². The van der Waals surface area contributed by atoms with Crippen molar-refractivity contribution >= 4 is 24.2 Å². The van der Waals surface area contributed by atoms with Crippen LogP contribution in [0.3, 0.4) is 0 Å². The predicted octanol–water partition coefficient (Wildman–Crippen LogP) is 0.840. The average Bonchev–Trinajstić information content (AvgIpc) is 2.80. The lowest BCUT2D eigenvalue weighted by Crippen LogP contribution is -2.35. The number of aryl methyl sites for hydroxylation is 1. The van der Waals surface area contributed by atoms with E-state index in [0.29, 0.717) is 32.6 Å². The molecule has 6 heteroatoms. The number of likely N-dealkylation sites (tertiary alicyclic amines) is 1. The van der Waals surface area contributed by atoms with Gasteiger partial charge in [0.05, 0.1) is 5.92 Å². The topological polar surface area (TPSA) is 75.4 Å². The molecule has 1 fully saturated rings. The zero-order valence-corrected chi connectivity index (χ0v) is 13.0. The smallest absolute Gasteiger partial charge is 0.225 e. The molecule has 0 saturated carbocycles. The van der Waals surface area contributed by atoms with Gasteiger partial charge in [0.2, 0.25) is 11.8 Å². The van der Waals surface area contributed by atoms with Crippen molar-refractivity contribution in [3.8, 4) is 0 Å². The van der Waals surface area contributed by atoms with Crippen LogP contribution < -0.4 is 11.1 Å². The van der Waals surface area contributed by atoms with E-state index in [2.05, 4.69) is 5.32 Å². The van der Waals surface area contributed by atoms with Gasteiger partial charge in [-0.3, -0.25) is 9.59 Å². The lowest BCUT2D eigenvalue weighted by molar-refractivity contribution is -0.129. The highest BCUT2D eigenvalue weighted by Crippen LogP contribution is 2.20. The number of carbonyl (C=O) groups excluding carboxylic acids is 2. The highest BCUT2D eigenvalue weighted by atomic mass is 35.5. The van der Waals surface area contributed by atoms with Gasteiger partial charge in [-0.2, -0.15) is 0 Å². The molecule has 0 aliphatic carbocycles. The number of halogens is 1. The molecular weight excluding hydrogens is 290 g/mol. The van der Waals surface area contributed by atoms with Crippen LogP contribution >= 0.6 is 12.4 Å². The zero-order chi connectivity index (χ0) is 14.5. The van der Waals surface area contributed by atoms with Crippen LogP contribution in [0.5, 0.6) is 0 Å². The van der Waals surface area contributed by atoms with E-state index < -0.39 is 0 Å². The maximum Gasteiger partial charge on any atom is 0.225 e. The van der Waals surface area contributed by atoms with Crippen LogP contribution in [0.1, 0.15) is 17.5 Å². The fraction of sp³-hybridized carbons (Fsp3) is 0.467. The summed E-state index contributed by atoms with van der Waals surface area (Å²) in [7, 11) is 0. The second kappa shape index (κ2) is 8.00. The fourth-order valence-electron chi connectivity index (χ4n) is 2.35. The number of hydrogen-bond acceptors (Lipinski definition) is 3. The van der Waals surface area contributed by atoms with E-state index in [1.807, 2.05) is 31.2 Å². The van der Waals surface area contributed by atoms with Crippen molar-refractivity contribution in [3.05, 3.63) is 35.4 Å². The van der Waals surface area contributed by atoms with E-state index in [1.54, 1.807) is 4.90 Å². The van der Waals surface area contributed by atoms with Crippen molar-refractivity contribution in [1.82, 2.24) is 10.2 Å². The molecule has 1 unspecified atom stereocenters. The van der Waals surface area contributed by atoms with E-state index in [-0.39, 0.29) is 30.1 Å². The highest BCUT2D eigenvalue weighted by molar-refractivity contribution is 5.89. The molecule has 1 aromatic rings. The Morgan fingerprint density at radius 1 is 1.38 bits per heavy atom. The van der Waals surface area contributed by atoms with E-state index in [1.165, 1.54) is 5.56 Å². The number of nitrogens with two attached hydrogens (primary N) is 1. The Balaban J connectivity index is 0.00000220. The Bertz CT molecular complexity index is 490. The van der Waals surface area contributed by atoms with E-state index >= 15 is 0 Å². The number of hydrogen-bond donors (Lipinski definition) is 2. The Kier molecular flexibility index (Phi) is 6.65. The largest absolute Gasteiger partial charge is 0.355 e. The van der Waals surface area contributed by atoms with Crippen molar-refractivity contribution in [3.63, 3.8) is 0 Å². The first-order chi connectivity index (χ1) is 9.60. The monoisotopic (exact) mass is 311 g/mol. The molecule has 3 N–H and O–H groups in total. The van der Waals surface area contributed by atoms with Crippen LogP contribution in [-0.2, 0) is 16.1 Å². The number of rotatable bonds is 5. The summed E-state index contributed by atoms with van der Waals surface area (Å²) in [6.45, 7) is 3.96. The molecule has 0 radical (unpaired) electrons. The number of amides is 2. The number of carbonyl (C=O) groups is 2. The molecule has 0 spiro atoms. The maximum atomic E-state index is 12.0. The standard InChI is InChI=1S/C15H21N3O2.ClH/c1-11-2-4-12(5-3-11)9-18-10-13(8-14(18)19)15(20)17-7-6-16;/h2-5,13H,6-10,16H2,1H3,(H,17,20);1H. The lowest BCUT2D eigenvalue weighted by atomic mass is 10.1. The zero-order valence-electron chi connectivity index (χ0n) is 12.2. The first kappa shape index (κ1) is 17.5. The summed E-state index contributed by atoms with van der Waals surface area (Å²) in [5, 5.41) is 2.74. The second-order valence-corrected chi connectivity index (χ2v) is 5.24. The minimum atomic E-state index is -0.250. The molecule has 2 rings (SSSR count). The van der Waals surface area contributed by atoms with Gasteiger partial charge < -0.3 is 16.0 Å². The maximum absolute atomic E-state index is 12.0. The van der Waals surface area contributed by atoms with Gasteiger partial charge in [-0.05, 0) is 12.5 Å². The molecule has 0 bridgehead atoms. The normalized spacial score (nSPS) is 17.5. The summed E-state index contributed by atoms with van der Waals surface area (Å²) in [6, 6.07) is 8.09. The Hall–Kier alpha value is -1.59. The first-order valence-corrected chi connectivity index (χ1v) is 6.91. The van der Waals surface area contributed by atoms with Gasteiger partial charge >= 0.3 is 0 Å².